The van der Waals surface area contributed by atoms with Gasteiger partial charge in [0.1, 0.15) is 79.4 Å². The van der Waals surface area contributed by atoms with Crippen LogP contribution in [0.15, 0.2) is 110 Å². The zero-order valence-corrected chi connectivity index (χ0v) is 48.0. The number of azide groups is 1. The largest absolute Gasteiger partial charge is 0.453 e. The number of amides is 1. The first-order valence-corrected chi connectivity index (χ1v) is 26.3. The summed E-state index contributed by atoms with van der Waals surface area (Å²) in [6.45, 7) is -0.860. The monoisotopic (exact) mass is 1350 g/mol. The number of aromatic amines is 4. The van der Waals surface area contributed by atoms with Gasteiger partial charge in [0.05, 0.1) is 45.2 Å². The Morgan fingerprint density at radius 2 is 0.901 bits per heavy atom. The smallest absolute Gasteiger partial charge is 0.330 e. The quantitative estimate of drug-likeness (QED) is 0.0332. The van der Waals surface area contributed by atoms with Crippen molar-refractivity contribution in [3.8, 4) is 6.01 Å². The van der Waals surface area contributed by atoms with Gasteiger partial charge in [0, 0.05) is 149 Å². The zero-order chi connectivity index (χ0) is 65.3. The van der Waals surface area contributed by atoms with E-state index in [2.05, 4.69) is 30.3 Å². The van der Waals surface area contributed by atoms with Crippen LogP contribution in [0, 0.1) is 75.5 Å². The van der Waals surface area contributed by atoms with Gasteiger partial charge in [-0.2, -0.15) is 4.98 Å². The summed E-state index contributed by atoms with van der Waals surface area (Å²) in [7, 11) is 0. The van der Waals surface area contributed by atoms with Crippen LogP contribution in [0.3, 0.4) is 0 Å². The Bertz CT molecular complexity index is 3780. The van der Waals surface area contributed by atoms with Crippen LogP contribution < -0.4 is 66.3 Å². The molecule has 18 N–H and O–H groups in total. The Morgan fingerprint density at radius 3 is 1.34 bits per heavy atom. The maximum absolute atomic E-state index is 11.7. The number of nitrogens with zero attached hydrogens (tertiary/aromatic N) is 9. The Hall–Kier alpha value is -5.98. The predicted octanol–water partition coefficient (Wildman–Crippen LogP) is -11.7. The minimum absolute atomic E-state index is 0. The van der Waals surface area contributed by atoms with E-state index in [1.807, 2.05) is 9.97 Å². The number of hydrogen-bond acceptors (Lipinski definition) is 30. The number of aliphatic hydroxyl groups is 11. The summed E-state index contributed by atoms with van der Waals surface area (Å²) in [5.41, 5.74) is 8.57. The van der Waals surface area contributed by atoms with Crippen LogP contribution >= 0.6 is 0 Å². The molecule has 44 heteroatoms. The molecule has 5 fully saturated rings. The van der Waals surface area contributed by atoms with Gasteiger partial charge in [0.25, 0.3) is 27.8 Å². The minimum Gasteiger partial charge on any atom is -0.453 e. The molecule has 0 aliphatic carbocycles. The fourth-order valence-electron chi connectivity index (χ4n) is 9.63. The third-order valence-electron chi connectivity index (χ3n) is 14.1. The van der Waals surface area contributed by atoms with Crippen LogP contribution in [0.5, 0.6) is 6.01 Å². The van der Waals surface area contributed by atoms with Crippen LogP contribution in [0.4, 0.5) is 0 Å². The van der Waals surface area contributed by atoms with Gasteiger partial charge in [-0.05, 0) is 5.53 Å². The van der Waals surface area contributed by atoms with E-state index in [-0.39, 0.29) is 88.1 Å². The number of nitrogens with one attached hydrogen (secondary N) is 5. The van der Waals surface area contributed by atoms with Gasteiger partial charge >= 0.3 is 28.8 Å². The van der Waals surface area contributed by atoms with Crippen molar-refractivity contribution < 1.29 is 165 Å². The summed E-state index contributed by atoms with van der Waals surface area (Å²) < 4.78 is 37.3. The Kier molecular flexibility index (Phi) is 28.1. The number of aromatic nitrogens is 10. The van der Waals surface area contributed by atoms with Crippen molar-refractivity contribution in [2.24, 2.45) is 10.8 Å². The molecule has 5 aromatic heterocycles. The van der Waals surface area contributed by atoms with Crippen molar-refractivity contribution in [1.29, 1.82) is 0 Å². The molecule has 0 radical (unpaired) electrons. The summed E-state index contributed by atoms with van der Waals surface area (Å²) >= 11 is 0. The molecule has 7 unspecified atom stereocenters. The maximum atomic E-state index is 11.7. The topological polar surface area (TPSA) is 636 Å². The van der Waals surface area contributed by atoms with Crippen molar-refractivity contribution >= 4 is 5.91 Å². The van der Waals surface area contributed by atoms with Gasteiger partial charge in [-0.15, -0.1) is 0 Å². The second-order valence-electron chi connectivity index (χ2n) is 19.8. The number of ether oxygens (including phenoxy) is 6. The molecule has 1 amide bonds. The Labute approximate surface area is 564 Å². The number of fused-ring (bicyclic) bond motifs is 3. The Balaban J connectivity index is 0.000000206. The average molecular weight is 1350 g/mol. The van der Waals surface area contributed by atoms with Gasteiger partial charge in [-0.25, -0.2) is 19.2 Å². The van der Waals surface area contributed by atoms with Crippen molar-refractivity contribution in [2.75, 3.05) is 33.0 Å². The first-order chi connectivity index (χ1) is 42.3. The summed E-state index contributed by atoms with van der Waals surface area (Å²) in [6.07, 6.45) is -10.5. The molecule has 5 saturated heterocycles. The molecule has 0 bridgehead atoms. The standard InChI is InChI=1S/C11H15N3O6.C9H11N5O5.C9H13N3O5.C9H12N2O6.C9H10N2O5.2Ar/c1-5(16)12-8-9(18)6(4-15)20-10(8)14-3-2-7(17)13-11(14)19;10-13-12-6-7(17)4(3-15)19-8(6)14-2-1-5(16)11-9(14)18;10-6-7(15)4(3-13)17-8(6)12-2-1-5(14)11-9(12)16;12-3-4-6(14)7(15)8(17-4)11-2-1-5(13)10-9(11)16;12-3-4-6(14)7-8(15-4)11-2-1-5(13)10-9(11)16-7;;/h2-3,6,8-10,15,18H,4H2,1H3,(H,12,16)(H,13,17,19);1-2,4,6-8,15,17H,3H2,(H,11,16,18);1-2,4,6-8,13,15H,3,10H2,(H,11,14,16);1-2,4,6-8,12,14-15H,3H2,(H,10,13,16);1-2,4,6-8,12,14H,3H2;;/t6-,8?,9+,10-;2*4-,6?,7+,8-;4-,6+,7?,8-;4?,6?,7-,8?;;/m11110../s1. The SMILES string of the molecule is CC(=O)NC1[C@@H](O)[C@@H](CO)O[C@H]1n1ccc(=O)[nH]c1=O.NC1[C@@H](O)[C@@H](CO)O[C@H]1n1ccc(=O)[nH]c1=O.O=c1ccn([C@@H]2O[C@H](CO)[C@H](O)C2O)c(=O)[nH]1.O=c1ccn2c(n1)O[C@H]1C(O)C(CO)OC12.[Ar].[Ar].[N-]=[N+]=NC1[C@@H](O)[C@@H](CO)O[C@H]1n1ccc(=O)[nH]c1=O. The molecule has 0 aromatic carbocycles. The van der Waals surface area contributed by atoms with Gasteiger partial charge in [0.15, 0.2) is 31.0 Å². The number of carbonyl (C=O) groups is 1. The molecule has 5 aromatic rings. The molecule has 0 spiro atoms. The van der Waals surface area contributed by atoms with Crippen LogP contribution in [-0.4, -0.2) is 234 Å². The zero-order valence-electron chi connectivity index (χ0n) is 46.6. The summed E-state index contributed by atoms with van der Waals surface area (Å²) in [6, 6.07) is 3.04. The van der Waals surface area contributed by atoms with E-state index in [1.165, 1.54) is 36.1 Å². The fraction of sp³-hybridized carbons (Fsp3) is 0.553. The van der Waals surface area contributed by atoms with E-state index in [4.69, 9.17) is 65.2 Å². The van der Waals surface area contributed by atoms with Gasteiger partial charge in [-0.1, -0.05) is 5.11 Å². The predicted molar refractivity (Wildman–Crippen MR) is 288 cm³/mol. The fourth-order valence-corrected chi connectivity index (χ4v) is 9.63. The van der Waals surface area contributed by atoms with Crippen molar-refractivity contribution in [1.82, 2.24) is 53.1 Å². The van der Waals surface area contributed by atoms with Gasteiger partial charge in [-0.3, -0.25) is 71.5 Å². The number of aliphatic hydroxyl groups excluding tert-OH is 11. The average Bonchev–Trinajstić information content (AvgIpc) is 1.64. The van der Waals surface area contributed by atoms with Crippen molar-refractivity contribution in [3.63, 3.8) is 0 Å². The summed E-state index contributed by atoms with van der Waals surface area (Å²) in [5.74, 6) is -0.418. The molecule has 91 heavy (non-hydrogen) atoms. The normalized spacial score (nSPS) is 31.3. The third-order valence-corrected chi connectivity index (χ3v) is 14.1. The van der Waals surface area contributed by atoms with E-state index in [0.717, 1.165) is 54.9 Å². The number of nitrogens with two attached hydrogens (primary N) is 1. The van der Waals surface area contributed by atoms with Crippen LogP contribution in [0.1, 0.15) is 38.1 Å². The van der Waals surface area contributed by atoms with Crippen LogP contribution in [-0.2, 0) is 28.5 Å². The van der Waals surface area contributed by atoms with Crippen molar-refractivity contribution in [2.45, 2.75) is 129 Å². The third kappa shape index (κ3) is 17.4. The molecule has 502 valence electrons. The Morgan fingerprint density at radius 1 is 0.527 bits per heavy atom. The van der Waals surface area contributed by atoms with Crippen molar-refractivity contribution in [3.05, 3.63) is 165 Å². The molecule has 6 aliphatic heterocycles. The molecule has 11 rings (SSSR count). The molecule has 0 saturated carbocycles. The summed E-state index contributed by atoms with van der Waals surface area (Å²) in [4.78, 5) is 127. The van der Waals surface area contributed by atoms with Crippen LogP contribution in [0.25, 0.3) is 10.4 Å². The van der Waals surface area contributed by atoms with E-state index < -0.39 is 205 Å². The number of rotatable bonds is 11. The van der Waals surface area contributed by atoms with E-state index in [9.17, 15) is 78.6 Å². The van der Waals surface area contributed by atoms with E-state index in [0.29, 0.717) is 0 Å². The van der Waals surface area contributed by atoms with Crippen LogP contribution in [0.2, 0.25) is 0 Å². The maximum Gasteiger partial charge on any atom is 0.330 e. The minimum atomic E-state index is -1.35. The molecule has 6 aliphatic rings. The van der Waals surface area contributed by atoms with E-state index >= 15 is 0 Å². The first-order valence-electron chi connectivity index (χ1n) is 26.3. The molecule has 42 nitrogen and oxygen atoms in total. The van der Waals surface area contributed by atoms with Gasteiger partial charge < -0.3 is 95.6 Å². The molecular formula is C47H61Ar2N15O27. The van der Waals surface area contributed by atoms with E-state index in [1.54, 1.807) is 0 Å². The number of hydrogen-bond donors (Lipinski definition) is 17. The second-order valence-corrected chi connectivity index (χ2v) is 19.8. The second kappa shape index (κ2) is 33.7. The molecule has 11 heterocycles. The first kappa shape index (κ1) is 75.7. The number of carbonyl (C=O) groups excluding carboxylic acids is 1. The molecule has 20 atom stereocenters. The number of H-pyrrole nitrogens is 4. The summed E-state index contributed by atoms with van der Waals surface area (Å²) in [5, 5.41) is 109. The van der Waals surface area contributed by atoms with Gasteiger partial charge in [0.2, 0.25) is 5.91 Å². The molecular weight excluding hydrogens is 1290 g/mol.